The molecule has 136 valence electrons. The minimum absolute atomic E-state index is 0.343. The highest BCUT2D eigenvalue weighted by molar-refractivity contribution is 5.86. The molecule has 2 atom stereocenters. The first-order valence-electron chi connectivity index (χ1n) is 9.45. The largest absolute Gasteiger partial charge is 0.371 e. The number of H-pyrrole nitrogens is 1. The monoisotopic (exact) mass is 360 g/mol. The molecule has 7 heteroatoms. The summed E-state index contributed by atoms with van der Waals surface area (Å²) in [5, 5.41) is 13.4. The molecule has 7 nitrogen and oxygen atoms in total. The van der Waals surface area contributed by atoms with E-state index < -0.39 is 0 Å². The Morgan fingerprint density at radius 2 is 1.96 bits per heavy atom. The number of morpholine rings is 1. The van der Waals surface area contributed by atoms with Gasteiger partial charge < -0.3 is 9.64 Å². The number of ether oxygens (including phenoxy) is 1. The second-order valence-electron chi connectivity index (χ2n) is 7.55. The highest BCUT2D eigenvalue weighted by atomic mass is 16.5. The molecule has 3 aromatic heterocycles. The average molecular weight is 360 g/mol. The molecule has 0 aliphatic carbocycles. The highest BCUT2D eigenvalue weighted by Crippen LogP contribution is 2.30. The Bertz CT molecular complexity index is 1150. The van der Waals surface area contributed by atoms with Crippen molar-refractivity contribution in [2.45, 2.75) is 32.0 Å². The lowest BCUT2D eigenvalue weighted by Gasteiger charge is -2.32. The number of aryl methyl sites for hydroxylation is 1. The van der Waals surface area contributed by atoms with Crippen LogP contribution in [0.5, 0.6) is 0 Å². The predicted octanol–water partition coefficient (Wildman–Crippen LogP) is 2.95. The second kappa shape index (κ2) is 5.53. The quantitative estimate of drug-likeness (QED) is 0.595. The summed E-state index contributed by atoms with van der Waals surface area (Å²) in [6, 6.07) is 10.4. The van der Waals surface area contributed by atoms with Gasteiger partial charge in [0.25, 0.3) is 0 Å². The molecule has 27 heavy (non-hydrogen) atoms. The fourth-order valence-electron chi connectivity index (χ4n) is 4.33. The van der Waals surface area contributed by atoms with E-state index in [0.717, 1.165) is 65.3 Å². The number of nitrogens with one attached hydrogen (secondary N) is 1. The number of nitrogens with zero attached hydrogens (tertiary/aromatic N) is 5. The Morgan fingerprint density at radius 3 is 2.81 bits per heavy atom. The standard InChI is InChI=1S/C20H20N6O/c1-12-16-8-13(2-5-17(16)23-22-12)18-9-21-19-6-7-20(24-26(18)19)25-10-14-3-4-15(11-25)27-14/h2,5-9,14-15H,3-4,10-11H2,1H3,(H,22,23). The van der Waals surface area contributed by atoms with Gasteiger partial charge in [0.05, 0.1) is 29.6 Å². The molecule has 0 amide bonds. The SMILES string of the molecule is Cc1[nH]nc2ccc(-c3cnc4ccc(N5CC6CCC(C5)O6)nn34)cc12. The zero-order valence-corrected chi connectivity index (χ0v) is 15.1. The molecule has 6 rings (SSSR count). The molecule has 0 radical (unpaired) electrons. The molecule has 1 aromatic carbocycles. The van der Waals surface area contributed by atoms with E-state index in [2.05, 4.69) is 38.3 Å². The van der Waals surface area contributed by atoms with E-state index in [1.54, 1.807) is 0 Å². The molecule has 2 aliphatic heterocycles. The van der Waals surface area contributed by atoms with Gasteiger partial charge in [0.2, 0.25) is 0 Å². The molecule has 2 fully saturated rings. The van der Waals surface area contributed by atoms with E-state index >= 15 is 0 Å². The second-order valence-corrected chi connectivity index (χ2v) is 7.55. The Kier molecular flexibility index (Phi) is 3.11. The van der Waals surface area contributed by atoms with E-state index in [9.17, 15) is 0 Å². The Hall–Kier alpha value is -2.93. The van der Waals surface area contributed by atoms with Gasteiger partial charge in [0, 0.05) is 29.7 Å². The van der Waals surface area contributed by atoms with Crippen molar-refractivity contribution in [1.29, 1.82) is 0 Å². The van der Waals surface area contributed by atoms with Crippen LogP contribution in [-0.4, -0.2) is 50.1 Å². The number of aromatic amines is 1. The first-order chi connectivity index (χ1) is 13.2. The summed E-state index contributed by atoms with van der Waals surface area (Å²) in [6.07, 6.45) is 4.89. The van der Waals surface area contributed by atoms with Crippen molar-refractivity contribution >= 4 is 22.4 Å². The average Bonchev–Trinajstić information content (AvgIpc) is 3.38. The Labute approximate surface area is 156 Å². The molecule has 5 heterocycles. The number of aromatic nitrogens is 5. The minimum atomic E-state index is 0.343. The number of hydrogen-bond donors (Lipinski definition) is 1. The van der Waals surface area contributed by atoms with Gasteiger partial charge in [-0.2, -0.15) is 5.10 Å². The molecule has 0 spiro atoms. The summed E-state index contributed by atoms with van der Waals surface area (Å²) < 4.78 is 7.91. The van der Waals surface area contributed by atoms with Crippen LogP contribution in [0.15, 0.2) is 36.5 Å². The summed E-state index contributed by atoms with van der Waals surface area (Å²) in [5.74, 6) is 0.988. The molecule has 4 aromatic rings. The zero-order valence-electron chi connectivity index (χ0n) is 15.1. The number of benzene rings is 1. The molecule has 2 bridgehead atoms. The van der Waals surface area contributed by atoms with Gasteiger partial charge in [-0.3, -0.25) is 5.10 Å². The van der Waals surface area contributed by atoms with Crippen LogP contribution in [0.4, 0.5) is 5.82 Å². The minimum Gasteiger partial charge on any atom is -0.371 e. The van der Waals surface area contributed by atoms with E-state index in [1.165, 1.54) is 0 Å². The molecule has 2 aliphatic rings. The van der Waals surface area contributed by atoms with Gasteiger partial charge in [-0.1, -0.05) is 6.07 Å². The van der Waals surface area contributed by atoms with Crippen molar-refractivity contribution in [2.75, 3.05) is 18.0 Å². The molecule has 2 unspecified atom stereocenters. The fourth-order valence-corrected chi connectivity index (χ4v) is 4.33. The maximum atomic E-state index is 5.96. The molecule has 1 N–H and O–H groups in total. The van der Waals surface area contributed by atoms with Crippen molar-refractivity contribution in [2.24, 2.45) is 0 Å². The van der Waals surface area contributed by atoms with Gasteiger partial charge in [-0.25, -0.2) is 9.50 Å². The Balaban J connectivity index is 1.44. The van der Waals surface area contributed by atoms with Crippen LogP contribution in [0.1, 0.15) is 18.5 Å². The smallest absolute Gasteiger partial charge is 0.154 e. The number of fused-ring (bicyclic) bond motifs is 4. The van der Waals surface area contributed by atoms with Crippen LogP contribution in [0.25, 0.3) is 27.8 Å². The van der Waals surface area contributed by atoms with E-state index in [4.69, 9.17) is 9.84 Å². The van der Waals surface area contributed by atoms with E-state index in [0.29, 0.717) is 12.2 Å². The lowest BCUT2D eigenvalue weighted by molar-refractivity contribution is 0.0301. The topological polar surface area (TPSA) is 71.3 Å². The van der Waals surface area contributed by atoms with Crippen molar-refractivity contribution in [3.63, 3.8) is 0 Å². The normalized spacial score (nSPS) is 22.2. The van der Waals surface area contributed by atoms with Crippen LogP contribution in [0, 0.1) is 6.92 Å². The fraction of sp³-hybridized carbons (Fsp3) is 0.350. The zero-order chi connectivity index (χ0) is 18.0. The summed E-state index contributed by atoms with van der Waals surface area (Å²) in [7, 11) is 0. The third-order valence-electron chi connectivity index (χ3n) is 5.76. The van der Waals surface area contributed by atoms with Crippen molar-refractivity contribution in [1.82, 2.24) is 24.8 Å². The van der Waals surface area contributed by atoms with Crippen LogP contribution < -0.4 is 4.90 Å². The van der Waals surface area contributed by atoms with Gasteiger partial charge in [-0.05, 0) is 44.0 Å². The van der Waals surface area contributed by atoms with Crippen molar-refractivity contribution in [3.8, 4) is 11.3 Å². The summed E-state index contributed by atoms with van der Waals surface area (Å²) in [6.45, 7) is 3.87. The highest BCUT2D eigenvalue weighted by Gasteiger charge is 2.34. The number of rotatable bonds is 2. The molecular formula is C20H20N6O. The molecule has 0 saturated carbocycles. The first kappa shape index (κ1) is 15.2. The van der Waals surface area contributed by atoms with Gasteiger partial charge in [0.1, 0.15) is 5.82 Å². The number of anilines is 1. The summed E-state index contributed by atoms with van der Waals surface area (Å²) in [5.41, 5.74) is 4.98. The number of imidazole rings is 1. The van der Waals surface area contributed by atoms with Crippen molar-refractivity contribution in [3.05, 3.63) is 42.2 Å². The van der Waals surface area contributed by atoms with Crippen LogP contribution in [-0.2, 0) is 4.74 Å². The lowest BCUT2D eigenvalue weighted by atomic mass is 10.1. The first-order valence-corrected chi connectivity index (χ1v) is 9.45. The maximum absolute atomic E-state index is 5.96. The lowest BCUT2D eigenvalue weighted by Crippen LogP contribution is -2.43. The van der Waals surface area contributed by atoms with Gasteiger partial charge in [0.15, 0.2) is 5.65 Å². The summed E-state index contributed by atoms with van der Waals surface area (Å²) in [4.78, 5) is 6.89. The van der Waals surface area contributed by atoms with E-state index in [1.807, 2.05) is 29.8 Å². The van der Waals surface area contributed by atoms with E-state index in [-0.39, 0.29) is 0 Å². The van der Waals surface area contributed by atoms with Crippen LogP contribution >= 0.6 is 0 Å². The number of hydrogen-bond acceptors (Lipinski definition) is 5. The molecule has 2 saturated heterocycles. The van der Waals surface area contributed by atoms with Crippen LogP contribution in [0.3, 0.4) is 0 Å². The van der Waals surface area contributed by atoms with Gasteiger partial charge >= 0.3 is 0 Å². The van der Waals surface area contributed by atoms with Gasteiger partial charge in [-0.15, -0.1) is 5.10 Å². The van der Waals surface area contributed by atoms with Crippen LogP contribution in [0.2, 0.25) is 0 Å². The Morgan fingerprint density at radius 1 is 1.11 bits per heavy atom. The maximum Gasteiger partial charge on any atom is 0.154 e. The third kappa shape index (κ3) is 2.35. The van der Waals surface area contributed by atoms with Crippen molar-refractivity contribution < 1.29 is 4.74 Å². The third-order valence-corrected chi connectivity index (χ3v) is 5.76. The predicted molar refractivity (Wildman–Crippen MR) is 103 cm³/mol. The molecular weight excluding hydrogens is 340 g/mol. The summed E-state index contributed by atoms with van der Waals surface area (Å²) >= 11 is 0.